The van der Waals surface area contributed by atoms with Gasteiger partial charge in [-0.25, -0.2) is 4.79 Å². The number of carbonyl (C=O) groups excluding carboxylic acids is 2. The van der Waals surface area contributed by atoms with E-state index >= 15 is 0 Å². The van der Waals surface area contributed by atoms with Gasteiger partial charge in [-0.1, -0.05) is 20.8 Å². The molecule has 0 bridgehead atoms. The van der Waals surface area contributed by atoms with Crippen LogP contribution in [0.5, 0.6) is 0 Å². The van der Waals surface area contributed by atoms with Crippen LogP contribution < -0.4 is 10.6 Å². The van der Waals surface area contributed by atoms with Crippen molar-refractivity contribution in [3.05, 3.63) is 0 Å². The molecule has 0 heterocycles. The summed E-state index contributed by atoms with van der Waals surface area (Å²) in [6.07, 6.45) is 0.730. The first-order valence-electron chi connectivity index (χ1n) is 6.48. The third-order valence-electron chi connectivity index (χ3n) is 2.73. The molecule has 0 aromatic heterocycles. The fourth-order valence-electron chi connectivity index (χ4n) is 1.01. The van der Waals surface area contributed by atoms with E-state index in [1.54, 1.807) is 0 Å². The van der Waals surface area contributed by atoms with Crippen LogP contribution in [0.25, 0.3) is 0 Å². The van der Waals surface area contributed by atoms with Crippen LogP contribution in [0.1, 0.15) is 41.0 Å². The average Bonchev–Trinajstić information content (AvgIpc) is 2.31. The smallest absolute Gasteiger partial charge is 0.314 e. The summed E-state index contributed by atoms with van der Waals surface area (Å²) < 4.78 is 5.09. The zero-order valence-electron chi connectivity index (χ0n) is 12.1. The van der Waals surface area contributed by atoms with Crippen LogP contribution in [0.3, 0.4) is 0 Å². The highest BCUT2D eigenvalue weighted by Crippen LogP contribution is 2.21. The first-order valence-corrected chi connectivity index (χ1v) is 6.48. The Labute approximate surface area is 110 Å². The van der Waals surface area contributed by atoms with E-state index in [9.17, 15) is 9.59 Å². The highest BCUT2D eigenvalue weighted by atomic mass is 16.5. The molecule has 0 aromatic carbocycles. The molecule has 0 aliphatic rings. The molecule has 0 saturated carbocycles. The monoisotopic (exact) mass is 258 g/mol. The Hall–Kier alpha value is -1.26. The molecule has 2 N–H and O–H groups in total. The van der Waals surface area contributed by atoms with Gasteiger partial charge in [0.05, 0.1) is 12.0 Å². The van der Waals surface area contributed by atoms with Crippen LogP contribution >= 0.6 is 0 Å². The number of urea groups is 1. The molecular weight excluding hydrogens is 232 g/mol. The molecule has 5 heteroatoms. The lowest BCUT2D eigenvalue weighted by molar-refractivity contribution is -0.153. The van der Waals surface area contributed by atoms with Crippen molar-refractivity contribution in [2.45, 2.75) is 41.0 Å². The van der Waals surface area contributed by atoms with E-state index in [1.165, 1.54) is 0 Å². The molecule has 0 fully saturated rings. The number of ether oxygens (including phenoxy) is 1. The Morgan fingerprint density at radius 2 is 1.83 bits per heavy atom. The van der Waals surface area contributed by atoms with E-state index in [4.69, 9.17) is 4.74 Å². The molecule has 0 radical (unpaired) electrons. The molecule has 106 valence electrons. The molecule has 0 spiro atoms. The lowest BCUT2D eigenvalue weighted by Crippen LogP contribution is -2.39. The van der Waals surface area contributed by atoms with Crippen LogP contribution in [0.4, 0.5) is 4.79 Å². The Kier molecular flexibility index (Phi) is 7.39. The summed E-state index contributed by atoms with van der Waals surface area (Å²) in [5, 5.41) is 5.36. The minimum absolute atomic E-state index is 0.206. The van der Waals surface area contributed by atoms with E-state index in [0.717, 1.165) is 6.42 Å². The van der Waals surface area contributed by atoms with Crippen LogP contribution in [-0.4, -0.2) is 31.7 Å². The van der Waals surface area contributed by atoms with Crippen LogP contribution in [0, 0.1) is 11.3 Å². The number of esters is 1. The minimum Gasteiger partial charge on any atom is -0.463 e. The first-order chi connectivity index (χ1) is 8.29. The summed E-state index contributed by atoms with van der Waals surface area (Å²) in [5.74, 6) is 0.188. The second-order valence-corrected chi connectivity index (χ2v) is 5.40. The zero-order valence-corrected chi connectivity index (χ0v) is 12.1. The fourth-order valence-corrected chi connectivity index (χ4v) is 1.01. The van der Waals surface area contributed by atoms with Gasteiger partial charge in [0, 0.05) is 6.54 Å². The standard InChI is InChI=1S/C13H26N2O3/c1-6-13(4,5)11(16)18-8-7-14-12(17)15-9-10(2)3/h10H,6-9H2,1-5H3,(H2,14,15,17). The highest BCUT2D eigenvalue weighted by Gasteiger charge is 2.26. The third-order valence-corrected chi connectivity index (χ3v) is 2.73. The highest BCUT2D eigenvalue weighted by molar-refractivity contribution is 5.76. The SMILES string of the molecule is CCC(C)(C)C(=O)OCCNC(=O)NCC(C)C. The van der Waals surface area contributed by atoms with Crippen molar-refractivity contribution in [3.63, 3.8) is 0 Å². The molecule has 0 aliphatic carbocycles. The molecular formula is C13H26N2O3. The summed E-state index contributed by atoms with van der Waals surface area (Å²) in [6.45, 7) is 10.8. The second-order valence-electron chi connectivity index (χ2n) is 5.40. The van der Waals surface area contributed by atoms with Gasteiger partial charge in [-0.15, -0.1) is 0 Å². The summed E-state index contributed by atoms with van der Waals surface area (Å²) in [7, 11) is 0. The van der Waals surface area contributed by atoms with Gasteiger partial charge in [-0.3, -0.25) is 4.79 Å². The average molecular weight is 258 g/mol. The van der Waals surface area contributed by atoms with Crippen LogP contribution in [-0.2, 0) is 9.53 Å². The summed E-state index contributed by atoms with van der Waals surface area (Å²) in [6, 6.07) is -0.227. The van der Waals surface area contributed by atoms with Gasteiger partial charge >= 0.3 is 12.0 Å². The predicted octanol–water partition coefficient (Wildman–Crippen LogP) is 1.92. The van der Waals surface area contributed by atoms with E-state index in [2.05, 4.69) is 10.6 Å². The molecule has 5 nitrogen and oxygen atoms in total. The maximum atomic E-state index is 11.6. The lowest BCUT2D eigenvalue weighted by atomic mass is 9.91. The van der Waals surface area contributed by atoms with Crippen molar-refractivity contribution >= 4 is 12.0 Å². The predicted molar refractivity (Wildman–Crippen MR) is 71.3 cm³/mol. The molecule has 2 amide bonds. The van der Waals surface area contributed by atoms with E-state index in [1.807, 2.05) is 34.6 Å². The fraction of sp³-hybridized carbons (Fsp3) is 0.846. The Morgan fingerprint density at radius 1 is 1.22 bits per heavy atom. The van der Waals surface area contributed by atoms with Crippen LogP contribution in [0.15, 0.2) is 0 Å². The van der Waals surface area contributed by atoms with E-state index < -0.39 is 5.41 Å². The van der Waals surface area contributed by atoms with Crippen molar-refractivity contribution in [3.8, 4) is 0 Å². The lowest BCUT2D eigenvalue weighted by Gasteiger charge is -2.20. The zero-order chi connectivity index (χ0) is 14.2. The maximum absolute atomic E-state index is 11.6. The number of hydrogen-bond acceptors (Lipinski definition) is 3. The van der Waals surface area contributed by atoms with Crippen molar-refractivity contribution in [2.24, 2.45) is 11.3 Å². The number of rotatable bonds is 7. The van der Waals surface area contributed by atoms with Gasteiger partial charge in [0.15, 0.2) is 0 Å². The van der Waals surface area contributed by atoms with Gasteiger partial charge in [0.1, 0.15) is 6.61 Å². The molecule has 0 aromatic rings. The van der Waals surface area contributed by atoms with Gasteiger partial charge in [-0.05, 0) is 26.2 Å². The molecule has 0 atom stereocenters. The third kappa shape index (κ3) is 7.14. The van der Waals surface area contributed by atoms with Gasteiger partial charge in [0.25, 0.3) is 0 Å². The number of carbonyl (C=O) groups is 2. The summed E-state index contributed by atoms with van der Waals surface area (Å²) in [4.78, 5) is 22.9. The molecule has 0 saturated heterocycles. The Balaban J connectivity index is 3.68. The topological polar surface area (TPSA) is 67.4 Å². The summed E-state index contributed by atoms with van der Waals surface area (Å²) >= 11 is 0. The normalized spacial score (nSPS) is 11.2. The van der Waals surface area contributed by atoms with Crippen molar-refractivity contribution in [1.82, 2.24) is 10.6 Å². The van der Waals surface area contributed by atoms with Crippen molar-refractivity contribution < 1.29 is 14.3 Å². The second kappa shape index (κ2) is 7.95. The van der Waals surface area contributed by atoms with Gasteiger partial charge in [0.2, 0.25) is 0 Å². The summed E-state index contributed by atoms with van der Waals surface area (Å²) in [5.41, 5.74) is -0.458. The first kappa shape index (κ1) is 16.7. The van der Waals surface area contributed by atoms with E-state index in [-0.39, 0.29) is 18.6 Å². The van der Waals surface area contributed by atoms with Gasteiger partial charge in [-0.2, -0.15) is 0 Å². The largest absolute Gasteiger partial charge is 0.463 e. The number of hydrogen-bond donors (Lipinski definition) is 2. The minimum atomic E-state index is -0.458. The van der Waals surface area contributed by atoms with Gasteiger partial charge < -0.3 is 15.4 Å². The number of nitrogens with one attached hydrogen (secondary N) is 2. The molecule has 18 heavy (non-hydrogen) atoms. The molecule has 0 unspecified atom stereocenters. The van der Waals surface area contributed by atoms with Crippen molar-refractivity contribution in [2.75, 3.05) is 19.7 Å². The maximum Gasteiger partial charge on any atom is 0.314 e. The van der Waals surface area contributed by atoms with E-state index in [0.29, 0.717) is 19.0 Å². The Bertz CT molecular complexity index is 275. The quantitative estimate of drug-likeness (QED) is 0.541. The van der Waals surface area contributed by atoms with Crippen LogP contribution in [0.2, 0.25) is 0 Å². The molecule has 0 rings (SSSR count). The molecule has 0 aliphatic heterocycles. The number of amides is 2. The Morgan fingerprint density at radius 3 is 2.33 bits per heavy atom. The van der Waals surface area contributed by atoms with Crippen molar-refractivity contribution in [1.29, 1.82) is 0 Å².